The number of rotatable bonds is 5. The van der Waals surface area contributed by atoms with Crippen LogP contribution in [0.5, 0.6) is 11.5 Å². The van der Waals surface area contributed by atoms with Gasteiger partial charge in [-0.1, -0.05) is 29.8 Å². The molecule has 0 bridgehead atoms. The Hall–Kier alpha value is -2.99. The Morgan fingerprint density at radius 1 is 1.23 bits per heavy atom. The molecule has 2 amide bonds. The van der Waals surface area contributed by atoms with Crippen LogP contribution in [0.3, 0.4) is 0 Å². The first-order valence-corrected chi connectivity index (χ1v) is 10.2. The average Bonchev–Trinajstić information content (AvgIpc) is 2.73. The second-order valence-corrected chi connectivity index (χ2v) is 7.67. The van der Waals surface area contributed by atoms with Crippen molar-refractivity contribution in [3.63, 3.8) is 0 Å². The molecule has 2 aromatic carbocycles. The molecular formula is C23H25ClN2O4. The third kappa shape index (κ3) is 4.94. The molecule has 158 valence electrons. The number of methoxy groups -OCH3 is 1. The maximum Gasteiger partial charge on any atom is 0.270 e. The first-order chi connectivity index (χ1) is 14.4. The van der Waals surface area contributed by atoms with Gasteiger partial charge in [0.15, 0.2) is 11.5 Å². The number of carbonyl (C=O) groups is 2. The molecule has 0 aromatic heterocycles. The van der Waals surface area contributed by atoms with Crippen molar-refractivity contribution < 1.29 is 19.4 Å². The van der Waals surface area contributed by atoms with Crippen LogP contribution in [-0.2, 0) is 4.79 Å². The van der Waals surface area contributed by atoms with E-state index >= 15 is 0 Å². The number of carbonyl (C=O) groups excluding carboxylic acids is 2. The Bertz CT molecular complexity index is 973. The van der Waals surface area contributed by atoms with Gasteiger partial charge in [0.2, 0.25) is 0 Å². The van der Waals surface area contributed by atoms with Crippen LogP contribution in [0.25, 0.3) is 6.08 Å². The number of halogens is 1. The first-order valence-electron chi connectivity index (χ1n) is 9.86. The fourth-order valence-corrected chi connectivity index (χ4v) is 3.73. The minimum Gasteiger partial charge on any atom is -0.504 e. The molecule has 0 aliphatic carbocycles. The van der Waals surface area contributed by atoms with Crippen LogP contribution in [0.1, 0.15) is 42.1 Å². The highest BCUT2D eigenvalue weighted by atomic mass is 35.5. The van der Waals surface area contributed by atoms with Gasteiger partial charge in [0, 0.05) is 12.6 Å². The van der Waals surface area contributed by atoms with Crippen molar-refractivity contribution in [2.75, 3.05) is 13.7 Å². The number of likely N-dealkylation sites (tertiary alicyclic amines) is 1. The lowest BCUT2D eigenvalue weighted by Gasteiger charge is -2.34. The number of phenolic OH excluding ortho intramolecular Hbond substituents is 1. The van der Waals surface area contributed by atoms with E-state index in [2.05, 4.69) is 5.32 Å². The fraction of sp³-hybridized carbons (Fsp3) is 0.304. The molecule has 0 spiro atoms. The number of ether oxygens (including phenoxy) is 1. The molecular weight excluding hydrogens is 404 g/mol. The van der Waals surface area contributed by atoms with Gasteiger partial charge in [-0.25, -0.2) is 0 Å². The third-order valence-corrected chi connectivity index (χ3v) is 5.50. The minimum atomic E-state index is -0.470. The number of nitrogens with zero attached hydrogens (tertiary/aromatic N) is 1. The van der Waals surface area contributed by atoms with E-state index in [4.69, 9.17) is 16.3 Å². The second kappa shape index (κ2) is 9.67. The molecule has 2 N–H and O–H groups in total. The molecule has 0 saturated carbocycles. The van der Waals surface area contributed by atoms with Gasteiger partial charge in [-0.2, -0.15) is 0 Å². The summed E-state index contributed by atoms with van der Waals surface area (Å²) in [5.41, 5.74) is 0.959. The lowest BCUT2D eigenvalue weighted by Crippen LogP contribution is -2.45. The maximum absolute atomic E-state index is 13.3. The Labute approximate surface area is 181 Å². The summed E-state index contributed by atoms with van der Waals surface area (Å²) in [6.07, 6.45) is 4.46. The van der Waals surface area contributed by atoms with Crippen molar-refractivity contribution in [3.05, 3.63) is 64.3 Å². The van der Waals surface area contributed by atoms with Crippen LogP contribution in [0.2, 0.25) is 5.02 Å². The summed E-state index contributed by atoms with van der Waals surface area (Å²) in [6, 6.07) is 11.5. The summed E-state index contributed by atoms with van der Waals surface area (Å²) >= 11 is 6.15. The molecule has 1 atom stereocenters. The van der Waals surface area contributed by atoms with E-state index in [1.165, 1.54) is 13.2 Å². The van der Waals surface area contributed by atoms with Gasteiger partial charge in [-0.3, -0.25) is 9.59 Å². The molecule has 1 unspecified atom stereocenters. The van der Waals surface area contributed by atoms with Crippen molar-refractivity contribution in [2.45, 2.75) is 32.2 Å². The van der Waals surface area contributed by atoms with E-state index in [1.807, 2.05) is 6.92 Å². The van der Waals surface area contributed by atoms with Crippen molar-refractivity contribution in [3.8, 4) is 11.5 Å². The lowest BCUT2D eigenvalue weighted by atomic mass is 10.0. The molecule has 7 heteroatoms. The summed E-state index contributed by atoms with van der Waals surface area (Å²) in [4.78, 5) is 27.9. The lowest BCUT2D eigenvalue weighted by molar-refractivity contribution is -0.130. The number of nitrogens with one attached hydrogen (secondary N) is 1. The van der Waals surface area contributed by atoms with E-state index in [-0.39, 0.29) is 29.0 Å². The van der Waals surface area contributed by atoms with Gasteiger partial charge in [0.05, 0.1) is 17.7 Å². The number of benzene rings is 2. The molecule has 1 heterocycles. The highest BCUT2D eigenvalue weighted by Gasteiger charge is 2.27. The summed E-state index contributed by atoms with van der Waals surface area (Å²) in [5.74, 6) is -0.466. The SMILES string of the molecule is COc1ccc(C=C(NC(=O)c2ccccc2Cl)C(=O)N2CCCCC2C)cc1O. The van der Waals surface area contributed by atoms with E-state index < -0.39 is 5.91 Å². The number of amides is 2. The van der Waals surface area contributed by atoms with E-state index in [0.29, 0.717) is 22.9 Å². The molecule has 1 aliphatic heterocycles. The van der Waals surface area contributed by atoms with Gasteiger partial charge in [0.1, 0.15) is 5.70 Å². The summed E-state index contributed by atoms with van der Waals surface area (Å²) in [7, 11) is 1.46. The number of phenols is 1. The van der Waals surface area contributed by atoms with Crippen molar-refractivity contribution >= 4 is 29.5 Å². The highest BCUT2D eigenvalue weighted by molar-refractivity contribution is 6.34. The van der Waals surface area contributed by atoms with Gasteiger partial charge in [0.25, 0.3) is 11.8 Å². The molecule has 1 fully saturated rings. The zero-order valence-electron chi connectivity index (χ0n) is 17.0. The molecule has 1 saturated heterocycles. The zero-order chi connectivity index (χ0) is 21.7. The van der Waals surface area contributed by atoms with Gasteiger partial charge < -0.3 is 20.1 Å². The number of hydrogen-bond acceptors (Lipinski definition) is 4. The monoisotopic (exact) mass is 428 g/mol. The van der Waals surface area contributed by atoms with Crippen molar-refractivity contribution in [2.24, 2.45) is 0 Å². The predicted molar refractivity (Wildman–Crippen MR) is 117 cm³/mol. The normalized spacial score (nSPS) is 16.8. The van der Waals surface area contributed by atoms with E-state index in [0.717, 1.165) is 19.3 Å². The Morgan fingerprint density at radius 3 is 2.67 bits per heavy atom. The average molecular weight is 429 g/mol. The highest BCUT2D eigenvalue weighted by Crippen LogP contribution is 2.28. The van der Waals surface area contributed by atoms with Crippen molar-refractivity contribution in [1.82, 2.24) is 10.2 Å². The van der Waals surface area contributed by atoms with Crippen LogP contribution in [0, 0.1) is 0 Å². The molecule has 1 aliphatic rings. The molecule has 3 rings (SSSR count). The Morgan fingerprint density at radius 2 is 2.00 bits per heavy atom. The first kappa shape index (κ1) is 21.7. The quantitative estimate of drug-likeness (QED) is 0.698. The van der Waals surface area contributed by atoms with Crippen LogP contribution in [0.4, 0.5) is 0 Å². The van der Waals surface area contributed by atoms with Gasteiger partial charge in [-0.15, -0.1) is 0 Å². The molecule has 6 nitrogen and oxygen atoms in total. The minimum absolute atomic E-state index is 0.0539. The third-order valence-electron chi connectivity index (χ3n) is 5.17. The van der Waals surface area contributed by atoms with E-state index in [1.54, 1.807) is 47.4 Å². The van der Waals surface area contributed by atoms with Gasteiger partial charge in [-0.05, 0) is 62.1 Å². The summed E-state index contributed by atoms with van der Waals surface area (Å²) in [5, 5.41) is 13.1. The standard InChI is InChI=1S/C23H25ClN2O4/c1-15-7-5-6-12-26(15)23(29)19(13-16-10-11-21(30-2)20(27)14-16)25-22(28)17-8-3-4-9-18(17)24/h3-4,8-11,13-15,27H,5-7,12H2,1-2H3,(H,25,28). The maximum atomic E-state index is 13.3. The van der Waals surface area contributed by atoms with E-state index in [9.17, 15) is 14.7 Å². The fourth-order valence-electron chi connectivity index (χ4n) is 3.50. The van der Waals surface area contributed by atoms with Crippen LogP contribution >= 0.6 is 11.6 Å². The predicted octanol–water partition coefficient (Wildman–Crippen LogP) is 4.23. The number of piperidine rings is 1. The Kier molecular flexibility index (Phi) is 7.00. The second-order valence-electron chi connectivity index (χ2n) is 7.27. The topological polar surface area (TPSA) is 78.9 Å². The molecule has 0 radical (unpaired) electrons. The number of aromatic hydroxyl groups is 1. The summed E-state index contributed by atoms with van der Waals surface area (Å²) in [6.45, 7) is 2.64. The smallest absolute Gasteiger partial charge is 0.270 e. The van der Waals surface area contributed by atoms with Crippen LogP contribution in [-0.4, -0.2) is 41.5 Å². The van der Waals surface area contributed by atoms with Gasteiger partial charge >= 0.3 is 0 Å². The van der Waals surface area contributed by atoms with Crippen LogP contribution < -0.4 is 10.1 Å². The Balaban J connectivity index is 1.95. The van der Waals surface area contributed by atoms with Crippen molar-refractivity contribution in [1.29, 1.82) is 0 Å². The largest absolute Gasteiger partial charge is 0.504 e. The number of hydrogen-bond donors (Lipinski definition) is 2. The molecule has 30 heavy (non-hydrogen) atoms. The van der Waals surface area contributed by atoms with Crippen LogP contribution in [0.15, 0.2) is 48.2 Å². The molecule has 2 aromatic rings. The zero-order valence-corrected chi connectivity index (χ0v) is 17.8. The summed E-state index contributed by atoms with van der Waals surface area (Å²) < 4.78 is 5.07.